The number of aryl methyl sites for hydroxylation is 3. The molecule has 3 aromatic carbocycles. The molecule has 5 aromatic rings. The Kier molecular flexibility index (Phi) is 8.46. The number of hydrogen-bond donors (Lipinski definition) is 1. The maximum Gasteiger partial charge on any atom is 0.355 e. The van der Waals surface area contributed by atoms with Gasteiger partial charge in [-0.05, 0) is 49.6 Å². The topological polar surface area (TPSA) is 104 Å². The first-order valence-electron chi connectivity index (χ1n) is 15.3. The largest absolute Gasteiger partial charge is 0.493 e. The average Bonchev–Trinajstić information content (AvgIpc) is 3.51. The summed E-state index contributed by atoms with van der Waals surface area (Å²) in [5.74, 6) is 0.366. The lowest BCUT2D eigenvalue weighted by Gasteiger charge is -2.14. The van der Waals surface area contributed by atoms with Gasteiger partial charge >= 0.3 is 5.97 Å². The Morgan fingerprint density at radius 1 is 1.02 bits per heavy atom. The molecule has 0 unspecified atom stereocenters. The predicted molar refractivity (Wildman–Crippen MR) is 172 cm³/mol. The van der Waals surface area contributed by atoms with Crippen molar-refractivity contribution in [2.75, 3.05) is 19.0 Å². The molecule has 0 fully saturated rings. The molecule has 1 aliphatic rings. The maximum absolute atomic E-state index is 13.6. The number of aromatic nitrogens is 3. The minimum absolute atomic E-state index is 0.0614. The summed E-state index contributed by atoms with van der Waals surface area (Å²) >= 11 is 0. The second kappa shape index (κ2) is 12.5. The van der Waals surface area contributed by atoms with Crippen LogP contribution in [0.25, 0.3) is 32.8 Å². The Bertz CT molecular complexity index is 1950. The number of rotatable bonds is 8. The lowest BCUT2D eigenvalue weighted by Crippen LogP contribution is -2.27. The Morgan fingerprint density at radius 2 is 1.80 bits per heavy atom. The Labute approximate surface area is 257 Å². The van der Waals surface area contributed by atoms with Gasteiger partial charge in [0.2, 0.25) is 10.0 Å². The highest BCUT2D eigenvalue weighted by atomic mass is 32.2. The minimum atomic E-state index is -3.55. The smallest absolute Gasteiger partial charge is 0.355 e. The number of ether oxygens (including phenoxy) is 2. The van der Waals surface area contributed by atoms with Crippen molar-refractivity contribution < 1.29 is 22.7 Å². The van der Waals surface area contributed by atoms with Crippen molar-refractivity contribution in [2.45, 2.75) is 52.6 Å². The highest BCUT2D eigenvalue weighted by Gasteiger charge is 2.29. The molecular formula is C34H38N4O5S. The van der Waals surface area contributed by atoms with Crippen LogP contribution in [0.1, 0.15) is 54.1 Å². The van der Waals surface area contributed by atoms with E-state index < -0.39 is 16.0 Å². The lowest BCUT2D eigenvalue weighted by molar-refractivity contribution is 0.0512. The van der Waals surface area contributed by atoms with E-state index in [1.54, 1.807) is 6.92 Å². The molecule has 0 spiro atoms. The average molecular weight is 615 g/mol. The van der Waals surface area contributed by atoms with Crippen LogP contribution in [0, 0.1) is 0 Å². The van der Waals surface area contributed by atoms with Crippen molar-refractivity contribution in [2.24, 2.45) is 7.05 Å². The third kappa shape index (κ3) is 5.59. The van der Waals surface area contributed by atoms with Gasteiger partial charge in [0.05, 0.1) is 36.7 Å². The highest BCUT2D eigenvalue weighted by molar-refractivity contribution is 7.89. The number of sulfonamides is 1. The molecule has 1 N–H and O–H groups in total. The second-order valence-corrected chi connectivity index (χ2v) is 13.0. The number of fused-ring (bicyclic) bond motifs is 3. The number of nitrogens with one attached hydrogen (secondary N) is 1. The summed E-state index contributed by atoms with van der Waals surface area (Å²) in [5, 5.41) is 7.88. The van der Waals surface area contributed by atoms with Crippen LogP contribution >= 0.6 is 0 Å². The molecular weight excluding hydrogens is 576 g/mol. The van der Waals surface area contributed by atoms with E-state index >= 15 is 0 Å². The molecule has 0 saturated carbocycles. The van der Waals surface area contributed by atoms with Crippen molar-refractivity contribution in [3.05, 3.63) is 83.3 Å². The van der Waals surface area contributed by atoms with E-state index in [1.165, 1.54) is 0 Å². The van der Waals surface area contributed by atoms with Crippen LogP contribution in [-0.2, 0) is 47.7 Å². The van der Waals surface area contributed by atoms with Crippen LogP contribution in [-0.4, -0.2) is 47.7 Å². The van der Waals surface area contributed by atoms with Crippen molar-refractivity contribution in [3.63, 3.8) is 0 Å². The number of hydrogen-bond acceptors (Lipinski definition) is 6. The Hall–Kier alpha value is -4.15. The first kappa shape index (κ1) is 29.9. The van der Waals surface area contributed by atoms with E-state index in [2.05, 4.69) is 35.9 Å². The monoisotopic (exact) mass is 614 g/mol. The number of benzene rings is 3. The summed E-state index contributed by atoms with van der Waals surface area (Å²) in [6.07, 6.45) is 2.32. The molecule has 9 nitrogen and oxygen atoms in total. The number of esters is 1. The number of carbonyl (C=O) groups excluding carboxylic acids is 1. The molecule has 230 valence electrons. The summed E-state index contributed by atoms with van der Waals surface area (Å²) in [6.45, 7) is 5.03. The van der Waals surface area contributed by atoms with Gasteiger partial charge in [0.1, 0.15) is 11.4 Å². The first-order valence-corrected chi connectivity index (χ1v) is 16.9. The number of nitrogens with zero attached hydrogens (tertiary/aromatic N) is 3. The van der Waals surface area contributed by atoms with Crippen LogP contribution < -0.4 is 9.46 Å². The fourth-order valence-corrected chi connectivity index (χ4v) is 7.48. The molecule has 2 aromatic heterocycles. The van der Waals surface area contributed by atoms with Gasteiger partial charge in [-0.15, -0.1) is 0 Å². The zero-order chi connectivity index (χ0) is 30.8. The van der Waals surface area contributed by atoms with Gasteiger partial charge in [-0.3, -0.25) is 4.68 Å². The summed E-state index contributed by atoms with van der Waals surface area (Å²) in [4.78, 5) is 13.6. The van der Waals surface area contributed by atoms with Gasteiger partial charge in [0, 0.05) is 41.2 Å². The maximum atomic E-state index is 13.6. The van der Waals surface area contributed by atoms with Gasteiger partial charge < -0.3 is 14.0 Å². The summed E-state index contributed by atoms with van der Waals surface area (Å²) in [7, 11) is -1.66. The standard InChI is InChI=1S/C34H38N4O5S/c1-4-29-31-27-16-9-15-25-26(17-10-20-43-30-18-8-13-23-12-6-7-14-24(23)30)33(34(39)42-5-2)38(32(25)27)19-11-21-44(40,41)35-22-28(31)36-37(29)3/h6-9,12-16,18,35H,4-5,10-11,17,19-22H2,1-3H3. The Balaban J connectivity index is 1.46. The van der Waals surface area contributed by atoms with Crippen LogP contribution in [0.3, 0.4) is 0 Å². The highest BCUT2D eigenvalue weighted by Crippen LogP contribution is 2.39. The van der Waals surface area contributed by atoms with Crippen LogP contribution in [0.15, 0.2) is 60.7 Å². The van der Waals surface area contributed by atoms with Gasteiger partial charge in [-0.2, -0.15) is 5.10 Å². The molecule has 0 aliphatic carbocycles. The summed E-state index contributed by atoms with van der Waals surface area (Å²) in [6, 6.07) is 20.3. The van der Waals surface area contributed by atoms with Crippen molar-refractivity contribution >= 4 is 37.7 Å². The fourth-order valence-electron chi connectivity index (χ4n) is 6.47. The summed E-state index contributed by atoms with van der Waals surface area (Å²) < 4.78 is 44.3. The predicted octanol–water partition coefficient (Wildman–Crippen LogP) is 5.77. The van der Waals surface area contributed by atoms with Crippen LogP contribution in [0.5, 0.6) is 5.75 Å². The van der Waals surface area contributed by atoms with Crippen molar-refractivity contribution in [3.8, 4) is 16.9 Å². The first-order chi connectivity index (χ1) is 21.3. The van der Waals surface area contributed by atoms with Crippen molar-refractivity contribution in [1.29, 1.82) is 0 Å². The molecule has 6 rings (SSSR count). The third-order valence-electron chi connectivity index (χ3n) is 8.33. The molecule has 44 heavy (non-hydrogen) atoms. The summed E-state index contributed by atoms with van der Waals surface area (Å²) in [5.41, 5.74) is 5.79. The van der Waals surface area contributed by atoms with E-state index in [0.717, 1.165) is 49.8 Å². The quantitative estimate of drug-likeness (QED) is 0.176. The third-order valence-corrected chi connectivity index (χ3v) is 9.74. The normalized spacial score (nSPS) is 14.7. The minimum Gasteiger partial charge on any atom is -0.493 e. The molecule has 3 heterocycles. The van der Waals surface area contributed by atoms with Gasteiger partial charge in [-0.1, -0.05) is 61.5 Å². The zero-order valence-electron chi connectivity index (χ0n) is 25.4. The van der Waals surface area contributed by atoms with Crippen molar-refractivity contribution in [1.82, 2.24) is 19.1 Å². The number of para-hydroxylation sites is 1. The zero-order valence-corrected chi connectivity index (χ0v) is 26.2. The molecule has 0 bridgehead atoms. The van der Waals surface area contributed by atoms with E-state index in [0.29, 0.717) is 50.2 Å². The molecule has 0 amide bonds. The van der Waals surface area contributed by atoms with Gasteiger partial charge in [0.25, 0.3) is 0 Å². The van der Waals surface area contributed by atoms with Gasteiger partial charge in [0.15, 0.2) is 0 Å². The second-order valence-electron chi connectivity index (χ2n) is 11.1. The van der Waals surface area contributed by atoms with Crippen LogP contribution in [0.2, 0.25) is 0 Å². The Morgan fingerprint density at radius 3 is 2.61 bits per heavy atom. The molecule has 1 aliphatic heterocycles. The van der Waals surface area contributed by atoms with Crippen LogP contribution in [0.4, 0.5) is 0 Å². The molecule has 10 heteroatoms. The molecule has 0 atom stereocenters. The van der Waals surface area contributed by atoms with Gasteiger partial charge in [-0.25, -0.2) is 17.9 Å². The van der Waals surface area contributed by atoms with E-state index in [-0.39, 0.29) is 18.9 Å². The number of carbonyl (C=O) groups is 1. The van der Waals surface area contributed by atoms with E-state index in [1.807, 2.05) is 52.7 Å². The SMILES string of the molecule is CCOC(=O)c1c(CCCOc2cccc3ccccc23)c2cccc3c2n1CCCS(=O)(=O)NCc1nn(C)c(CC)c1-3. The lowest BCUT2D eigenvalue weighted by atomic mass is 9.97. The van der Waals surface area contributed by atoms with E-state index in [4.69, 9.17) is 14.6 Å². The molecule has 0 saturated heterocycles. The molecule has 0 radical (unpaired) electrons. The van der Waals surface area contributed by atoms with E-state index in [9.17, 15) is 13.2 Å². The fraction of sp³-hybridized carbons (Fsp3) is 0.353.